The van der Waals surface area contributed by atoms with Crippen LogP contribution < -0.4 is 21.3 Å². The van der Waals surface area contributed by atoms with Crippen molar-refractivity contribution in [3.8, 4) is 11.1 Å². The second-order valence-corrected chi connectivity index (χ2v) is 36.6. The third-order valence-electron chi connectivity index (χ3n) is 23.8. The molecule has 0 amide bonds. The van der Waals surface area contributed by atoms with Gasteiger partial charge in [-0.15, -0.1) is 11.3 Å². The molecule has 0 spiro atoms. The second-order valence-electron chi connectivity index (χ2n) is 35.5. The van der Waals surface area contributed by atoms with Crippen LogP contribution in [0.1, 0.15) is 251 Å². The number of benzene rings is 9. The number of rotatable bonds is 7. The van der Waals surface area contributed by atoms with E-state index in [4.69, 9.17) is 0 Å². The van der Waals surface area contributed by atoms with Crippen molar-refractivity contribution in [1.82, 2.24) is 0 Å². The Kier molecular flexibility index (Phi) is 13.5. The molecule has 5 aliphatic rings. The second kappa shape index (κ2) is 20.3. The van der Waals surface area contributed by atoms with Gasteiger partial charge in [0, 0.05) is 49.1 Å². The van der Waals surface area contributed by atoms with Crippen molar-refractivity contribution in [3.05, 3.63) is 247 Å². The van der Waals surface area contributed by atoms with Gasteiger partial charge >= 0.3 is 0 Å². The van der Waals surface area contributed by atoms with Gasteiger partial charge < -0.3 is 4.90 Å². The lowest BCUT2D eigenvalue weighted by atomic mass is 9.30. The van der Waals surface area contributed by atoms with Gasteiger partial charge in [-0.2, -0.15) is 0 Å². The Morgan fingerprint density at radius 3 is 1.63 bits per heavy atom. The SMILES string of the molecule is Cc1cc2c(cc1C1c3cc4c(cc3B3c5cc(-c6cccc7sc8ccccc8c67)ccc5N(c5cc6c(cc5C)C(C)(C)CC6(C)C)c5cc(C(Cc6ccc(C(C)(C)C)cc6)c6ccc(C(C)(C)C)cc6)cc1c53)C(C)(C)CCC4(C)C)C(C)(C)CC2(C)C. The Bertz CT molecular complexity index is 4710. The zero-order valence-corrected chi connectivity index (χ0v) is 60.0. The average Bonchev–Trinajstić information content (AvgIpc) is 0.769. The first-order valence-electron chi connectivity index (χ1n) is 34.8. The Morgan fingerprint density at radius 2 is 1.00 bits per heavy atom. The van der Waals surface area contributed by atoms with Crippen LogP contribution in [0.4, 0.5) is 17.1 Å². The molecule has 0 fully saturated rings. The summed E-state index contributed by atoms with van der Waals surface area (Å²) in [6.45, 7) is 49.1. The molecule has 3 aliphatic carbocycles. The molecule has 9 aromatic carbocycles. The molecule has 1 aromatic heterocycles. The lowest BCUT2D eigenvalue weighted by Gasteiger charge is -2.47. The van der Waals surface area contributed by atoms with E-state index in [2.05, 4.69) is 301 Å². The normalized spacial score (nSPS) is 19.5. The van der Waals surface area contributed by atoms with E-state index in [0.717, 1.165) is 32.1 Å². The Morgan fingerprint density at radius 1 is 0.457 bits per heavy atom. The van der Waals surface area contributed by atoms with Crippen LogP contribution >= 0.6 is 11.3 Å². The minimum Gasteiger partial charge on any atom is -0.311 e. The summed E-state index contributed by atoms with van der Waals surface area (Å²) in [7, 11) is 0. The first-order valence-corrected chi connectivity index (χ1v) is 35.7. The topological polar surface area (TPSA) is 3.24 Å². The fourth-order valence-corrected chi connectivity index (χ4v) is 20.3. The monoisotopic (exact) mass is 1220 g/mol. The van der Waals surface area contributed by atoms with E-state index >= 15 is 0 Å². The highest BCUT2D eigenvalue weighted by Crippen LogP contribution is 2.57. The van der Waals surface area contributed by atoms with E-state index in [-0.39, 0.29) is 61.9 Å². The molecule has 0 N–H and O–H groups in total. The summed E-state index contributed by atoms with van der Waals surface area (Å²) in [5, 5.41) is 2.70. The molecular weight excluding hydrogens is 1130 g/mol. The van der Waals surface area contributed by atoms with Crippen LogP contribution in [0.3, 0.4) is 0 Å². The van der Waals surface area contributed by atoms with Crippen LogP contribution in [-0.4, -0.2) is 6.71 Å². The maximum atomic E-state index is 2.81. The van der Waals surface area contributed by atoms with Gasteiger partial charge in [0.1, 0.15) is 0 Å². The number of aryl methyl sites for hydroxylation is 2. The van der Waals surface area contributed by atoms with Gasteiger partial charge in [-0.05, 0) is 231 Å². The average molecular weight is 1220 g/mol. The molecule has 0 radical (unpaired) electrons. The number of nitrogens with zero attached hydrogens (tertiary/aromatic N) is 1. The van der Waals surface area contributed by atoms with Crippen molar-refractivity contribution >= 4 is 71.7 Å². The lowest BCUT2D eigenvalue weighted by Crippen LogP contribution is -2.62. The quantitative estimate of drug-likeness (QED) is 0.144. The highest BCUT2D eigenvalue weighted by atomic mass is 32.1. The van der Waals surface area contributed by atoms with E-state index in [9.17, 15) is 0 Å². The van der Waals surface area contributed by atoms with E-state index in [1.54, 1.807) is 0 Å². The van der Waals surface area contributed by atoms with Crippen molar-refractivity contribution in [3.63, 3.8) is 0 Å². The number of thiophene rings is 1. The van der Waals surface area contributed by atoms with Gasteiger partial charge in [-0.25, -0.2) is 0 Å². The van der Waals surface area contributed by atoms with Gasteiger partial charge in [0.25, 0.3) is 0 Å². The predicted molar refractivity (Wildman–Crippen MR) is 400 cm³/mol. The molecule has 92 heavy (non-hydrogen) atoms. The molecule has 3 heteroatoms. The van der Waals surface area contributed by atoms with Crippen molar-refractivity contribution in [2.24, 2.45) is 0 Å². The molecule has 15 rings (SSSR count). The van der Waals surface area contributed by atoms with Crippen LogP contribution in [0.5, 0.6) is 0 Å². The molecule has 2 aliphatic heterocycles. The van der Waals surface area contributed by atoms with Crippen LogP contribution in [0.15, 0.2) is 158 Å². The number of hydrogen-bond donors (Lipinski definition) is 0. The standard InChI is InChI=1S/C89H98BNS/c1-52-40-66-69(88(17,18)50-86(66,13)14)46-62(52)79-64-47-68-70(85(11,12)39-38-84(68,9)10)48-72(64)90-73-44-56(60-25-23-27-78-80(60)61-24-21-22-26-77(61)92-78)32-37-74(73)91(75-49-71-67(41-53(75)2)87(15,16)51-89(71,19)20)76-45-57(43-65(79)81(76)90)63(55-30-35-59(36-31-55)83(6,7)8)42-54-28-33-58(34-29-54)82(3,4)5/h21-37,40-41,43-49,63,79H,38-39,42,50-51H2,1-20H3. The van der Waals surface area contributed by atoms with E-state index in [1.165, 1.54) is 154 Å². The smallest absolute Gasteiger partial charge is 0.247 e. The summed E-state index contributed by atoms with van der Waals surface area (Å²) < 4.78 is 2.68. The lowest BCUT2D eigenvalue weighted by molar-refractivity contribution is 0.332. The minimum absolute atomic E-state index is 0.000440. The third-order valence-corrected chi connectivity index (χ3v) is 25.0. The van der Waals surface area contributed by atoms with Gasteiger partial charge in [-0.3, -0.25) is 0 Å². The van der Waals surface area contributed by atoms with Crippen molar-refractivity contribution in [2.75, 3.05) is 4.90 Å². The summed E-state index contributed by atoms with van der Waals surface area (Å²) in [6.07, 6.45) is 5.45. The fraction of sp³-hybridized carbons (Fsp3) is 0.393. The summed E-state index contributed by atoms with van der Waals surface area (Å²) in [5.41, 5.74) is 34.2. The third kappa shape index (κ3) is 9.55. The van der Waals surface area contributed by atoms with Crippen molar-refractivity contribution in [2.45, 2.75) is 226 Å². The maximum Gasteiger partial charge on any atom is 0.247 e. The summed E-state index contributed by atoms with van der Waals surface area (Å²) >= 11 is 1.92. The Labute approximate surface area is 556 Å². The van der Waals surface area contributed by atoms with Gasteiger partial charge in [0.15, 0.2) is 0 Å². The molecule has 2 atom stereocenters. The molecule has 0 saturated heterocycles. The van der Waals surface area contributed by atoms with Crippen molar-refractivity contribution in [1.29, 1.82) is 0 Å². The molecule has 0 bridgehead atoms. The summed E-state index contributed by atoms with van der Waals surface area (Å²) in [5.74, 6) is 0.0299. The molecule has 468 valence electrons. The van der Waals surface area contributed by atoms with Gasteiger partial charge in [0.05, 0.1) is 0 Å². The van der Waals surface area contributed by atoms with Gasteiger partial charge in [0.2, 0.25) is 6.71 Å². The fourth-order valence-electron chi connectivity index (χ4n) is 19.1. The van der Waals surface area contributed by atoms with Gasteiger partial charge in [-0.1, -0.05) is 257 Å². The highest BCUT2D eigenvalue weighted by Gasteiger charge is 2.50. The minimum atomic E-state index is -0.0410. The molecule has 1 nitrogen and oxygen atoms in total. The number of fused-ring (bicyclic) bond motifs is 10. The van der Waals surface area contributed by atoms with Crippen molar-refractivity contribution < 1.29 is 0 Å². The van der Waals surface area contributed by atoms with Crippen LogP contribution in [-0.2, 0) is 49.7 Å². The zero-order valence-electron chi connectivity index (χ0n) is 59.1. The van der Waals surface area contributed by atoms with Crippen LogP contribution in [0.25, 0.3) is 31.3 Å². The molecule has 3 heterocycles. The molecule has 0 saturated carbocycles. The number of anilines is 3. The van der Waals surface area contributed by atoms with Crippen LogP contribution in [0.2, 0.25) is 0 Å². The first-order chi connectivity index (χ1) is 43.1. The summed E-state index contributed by atoms with van der Waals surface area (Å²) in [6, 6.07) is 65.1. The predicted octanol–water partition coefficient (Wildman–Crippen LogP) is 22.4. The first kappa shape index (κ1) is 61.3. The zero-order chi connectivity index (χ0) is 65.1. The Balaban J connectivity index is 1.10. The van der Waals surface area contributed by atoms with E-state index in [1.807, 2.05) is 11.3 Å². The van der Waals surface area contributed by atoms with Crippen LogP contribution in [0, 0.1) is 13.8 Å². The summed E-state index contributed by atoms with van der Waals surface area (Å²) in [4.78, 5) is 2.81. The van der Waals surface area contributed by atoms with E-state index < -0.39 is 0 Å². The Hall–Kier alpha value is -6.94. The number of hydrogen-bond acceptors (Lipinski definition) is 2. The maximum absolute atomic E-state index is 2.81. The largest absolute Gasteiger partial charge is 0.311 e. The molecule has 10 aromatic rings. The molecule has 2 unspecified atom stereocenters. The van der Waals surface area contributed by atoms with E-state index in [0.29, 0.717) is 0 Å². The highest BCUT2D eigenvalue weighted by molar-refractivity contribution is 7.26. The molecular formula is C89H98BNS.